The second-order valence-corrected chi connectivity index (χ2v) is 4.76. The Bertz CT molecular complexity index is 567. The third-order valence-corrected chi connectivity index (χ3v) is 3.14. The molecule has 0 aliphatic carbocycles. The molecule has 0 bridgehead atoms. The molecule has 100 valence electrons. The maximum atomic E-state index is 9.66. The fraction of sp³-hybridized carbons (Fsp3) is 0.200. The van der Waals surface area contributed by atoms with E-state index in [0.717, 1.165) is 11.3 Å². The fourth-order valence-corrected chi connectivity index (χ4v) is 1.99. The predicted octanol–water partition coefficient (Wildman–Crippen LogP) is 3.97. The van der Waals surface area contributed by atoms with Crippen LogP contribution in [0.2, 0.25) is 5.02 Å². The zero-order valence-electron chi connectivity index (χ0n) is 10.9. The topological polar surface area (TPSA) is 41.5 Å². The number of methoxy groups -OCH3 is 1. The molecule has 0 spiro atoms. The van der Waals surface area contributed by atoms with Gasteiger partial charge in [-0.2, -0.15) is 0 Å². The van der Waals surface area contributed by atoms with Crippen LogP contribution in [0.25, 0.3) is 0 Å². The molecule has 0 fully saturated rings. The van der Waals surface area contributed by atoms with Crippen molar-refractivity contribution in [2.45, 2.75) is 13.5 Å². The molecule has 2 aromatic carbocycles. The number of hydrogen-bond donors (Lipinski definition) is 2. The van der Waals surface area contributed by atoms with Gasteiger partial charge in [-0.25, -0.2) is 0 Å². The number of benzene rings is 2. The Hall–Kier alpha value is -1.87. The molecule has 2 aromatic rings. The smallest absolute Gasteiger partial charge is 0.176 e. The number of aryl methyl sites for hydroxylation is 1. The van der Waals surface area contributed by atoms with Crippen LogP contribution in [0.3, 0.4) is 0 Å². The lowest BCUT2D eigenvalue weighted by atomic mass is 10.2. The van der Waals surface area contributed by atoms with Gasteiger partial charge in [-0.1, -0.05) is 29.3 Å². The monoisotopic (exact) mass is 277 g/mol. The van der Waals surface area contributed by atoms with Crippen LogP contribution >= 0.6 is 11.6 Å². The Kier molecular flexibility index (Phi) is 4.17. The number of aromatic hydroxyl groups is 1. The second kappa shape index (κ2) is 5.85. The molecule has 0 aromatic heterocycles. The van der Waals surface area contributed by atoms with Gasteiger partial charge in [-0.3, -0.25) is 0 Å². The molecular formula is C15H16ClNO2. The van der Waals surface area contributed by atoms with Crippen molar-refractivity contribution >= 4 is 17.3 Å². The third-order valence-electron chi connectivity index (χ3n) is 2.86. The first-order valence-corrected chi connectivity index (χ1v) is 6.34. The highest BCUT2D eigenvalue weighted by Gasteiger charge is 2.08. The maximum absolute atomic E-state index is 9.66. The van der Waals surface area contributed by atoms with Gasteiger partial charge in [0.15, 0.2) is 11.5 Å². The molecule has 0 heterocycles. The summed E-state index contributed by atoms with van der Waals surface area (Å²) in [5, 5.41) is 13.2. The van der Waals surface area contributed by atoms with Gasteiger partial charge < -0.3 is 15.2 Å². The first-order chi connectivity index (χ1) is 9.10. The second-order valence-electron chi connectivity index (χ2n) is 4.35. The minimum absolute atomic E-state index is 0.0248. The van der Waals surface area contributed by atoms with E-state index in [0.29, 0.717) is 17.3 Å². The van der Waals surface area contributed by atoms with E-state index in [1.165, 1.54) is 12.7 Å². The molecule has 19 heavy (non-hydrogen) atoms. The summed E-state index contributed by atoms with van der Waals surface area (Å²) in [4.78, 5) is 0. The van der Waals surface area contributed by atoms with Crippen molar-refractivity contribution in [3.05, 3.63) is 52.5 Å². The molecule has 3 nitrogen and oxygen atoms in total. The summed E-state index contributed by atoms with van der Waals surface area (Å²) in [6, 6.07) is 11.6. The molecule has 0 radical (unpaired) electrons. The van der Waals surface area contributed by atoms with Crippen molar-refractivity contribution in [3.63, 3.8) is 0 Å². The Morgan fingerprint density at radius 2 is 1.89 bits per heavy atom. The van der Waals surface area contributed by atoms with Crippen molar-refractivity contribution in [2.24, 2.45) is 0 Å². The largest absolute Gasteiger partial charge is 0.503 e. The molecular weight excluding hydrogens is 262 g/mol. The van der Waals surface area contributed by atoms with E-state index in [1.54, 1.807) is 12.1 Å². The van der Waals surface area contributed by atoms with E-state index in [2.05, 4.69) is 5.32 Å². The zero-order valence-corrected chi connectivity index (χ0v) is 11.7. The molecule has 2 N–H and O–H groups in total. The van der Waals surface area contributed by atoms with Crippen molar-refractivity contribution in [2.75, 3.05) is 12.4 Å². The minimum Gasteiger partial charge on any atom is -0.503 e. The lowest BCUT2D eigenvalue weighted by Crippen LogP contribution is -2.00. The third kappa shape index (κ3) is 3.32. The molecule has 4 heteroatoms. The van der Waals surface area contributed by atoms with E-state index in [1.807, 2.05) is 31.2 Å². The molecule has 0 aliphatic rings. The highest BCUT2D eigenvalue weighted by molar-refractivity contribution is 6.32. The Morgan fingerprint density at radius 3 is 2.53 bits per heavy atom. The Balaban J connectivity index is 2.11. The fourth-order valence-electron chi connectivity index (χ4n) is 1.76. The summed E-state index contributed by atoms with van der Waals surface area (Å²) in [6.45, 7) is 2.66. The lowest BCUT2D eigenvalue weighted by Gasteiger charge is -2.10. The van der Waals surface area contributed by atoms with E-state index < -0.39 is 0 Å². The van der Waals surface area contributed by atoms with Crippen LogP contribution in [0.4, 0.5) is 5.69 Å². The highest BCUT2D eigenvalue weighted by atomic mass is 35.5. The molecule has 0 atom stereocenters. The quantitative estimate of drug-likeness (QED) is 0.888. The number of anilines is 1. The number of rotatable bonds is 4. The standard InChI is InChI=1S/C15H16ClNO2/c1-10-3-5-12(6-4-10)17-9-11-7-13(16)15(18)14(8-11)19-2/h3-8,17-18H,9H2,1-2H3. The van der Waals surface area contributed by atoms with E-state index in [-0.39, 0.29) is 5.75 Å². The molecule has 0 amide bonds. The van der Waals surface area contributed by atoms with Crippen molar-refractivity contribution in [1.29, 1.82) is 0 Å². The van der Waals surface area contributed by atoms with Crippen molar-refractivity contribution in [3.8, 4) is 11.5 Å². The SMILES string of the molecule is COc1cc(CNc2ccc(C)cc2)cc(Cl)c1O. The first-order valence-electron chi connectivity index (χ1n) is 5.96. The number of hydrogen-bond acceptors (Lipinski definition) is 3. The van der Waals surface area contributed by atoms with Crippen molar-refractivity contribution < 1.29 is 9.84 Å². The first kappa shape index (κ1) is 13.6. The average Bonchev–Trinajstić information content (AvgIpc) is 2.41. The summed E-state index contributed by atoms with van der Waals surface area (Å²) in [7, 11) is 1.50. The highest BCUT2D eigenvalue weighted by Crippen LogP contribution is 2.35. The summed E-state index contributed by atoms with van der Waals surface area (Å²) in [5.41, 5.74) is 3.20. The maximum Gasteiger partial charge on any atom is 0.176 e. The van der Waals surface area contributed by atoms with Gasteiger partial charge in [0.25, 0.3) is 0 Å². The van der Waals surface area contributed by atoms with Crippen LogP contribution in [0.1, 0.15) is 11.1 Å². The van der Waals surface area contributed by atoms with Gasteiger partial charge in [0.2, 0.25) is 0 Å². The number of ether oxygens (including phenoxy) is 1. The summed E-state index contributed by atoms with van der Waals surface area (Å²) in [5.74, 6) is 0.358. The number of nitrogens with one attached hydrogen (secondary N) is 1. The molecule has 0 aliphatic heterocycles. The van der Waals surface area contributed by atoms with Crippen LogP contribution in [-0.4, -0.2) is 12.2 Å². The van der Waals surface area contributed by atoms with E-state index >= 15 is 0 Å². The predicted molar refractivity (Wildman–Crippen MR) is 78.2 cm³/mol. The minimum atomic E-state index is -0.0248. The van der Waals surface area contributed by atoms with Gasteiger partial charge in [0, 0.05) is 12.2 Å². The summed E-state index contributed by atoms with van der Waals surface area (Å²) < 4.78 is 5.07. The van der Waals surface area contributed by atoms with E-state index in [4.69, 9.17) is 16.3 Å². The average molecular weight is 278 g/mol. The summed E-state index contributed by atoms with van der Waals surface area (Å²) >= 11 is 5.94. The summed E-state index contributed by atoms with van der Waals surface area (Å²) in [6.07, 6.45) is 0. The van der Waals surface area contributed by atoms with Crippen LogP contribution in [0.15, 0.2) is 36.4 Å². The molecule has 2 rings (SSSR count). The van der Waals surface area contributed by atoms with Crippen LogP contribution < -0.4 is 10.1 Å². The Morgan fingerprint density at radius 1 is 1.21 bits per heavy atom. The van der Waals surface area contributed by atoms with Gasteiger partial charge in [-0.15, -0.1) is 0 Å². The van der Waals surface area contributed by atoms with E-state index in [9.17, 15) is 5.11 Å². The Labute approximate surface area is 117 Å². The van der Waals surface area contributed by atoms with Gasteiger partial charge >= 0.3 is 0 Å². The number of phenolic OH excluding ortho intramolecular Hbond substituents is 1. The van der Waals surface area contributed by atoms with Crippen LogP contribution in [0, 0.1) is 6.92 Å². The molecule has 0 saturated carbocycles. The van der Waals surface area contributed by atoms with Gasteiger partial charge in [-0.05, 0) is 36.8 Å². The van der Waals surface area contributed by atoms with Gasteiger partial charge in [0.1, 0.15) is 0 Å². The lowest BCUT2D eigenvalue weighted by molar-refractivity contribution is 0.373. The normalized spacial score (nSPS) is 10.3. The van der Waals surface area contributed by atoms with Crippen LogP contribution in [-0.2, 0) is 6.54 Å². The van der Waals surface area contributed by atoms with Crippen molar-refractivity contribution in [1.82, 2.24) is 0 Å². The molecule has 0 unspecified atom stereocenters. The molecule has 0 saturated heterocycles. The number of halogens is 1. The van der Waals surface area contributed by atoms with Gasteiger partial charge in [0.05, 0.1) is 12.1 Å². The van der Waals surface area contributed by atoms with Crippen LogP contribution in [0.5, 0.6) is 11.5 Å². The zero-order chi connectivity index (χ0) is 13.8. The number of phenols is 1.